The Morgan fingerprint density at radius 2 is 1.81 bits per heavy atom. The second kappa shape index (κ2) is 10.3. The van der Waals surface area contributed by atoms with Gasteiger partial charge in [0.15, 0.2) is 0 Å². The number of thiophene rings is 1. The third kappa shape index (κ3) is 5.55. The summed E-state index contributed by atoms with van der Waals surface area (Å²) in [7, 11) is 2.18. The first-order chi connectivity index (χ1) is 14.4. The maximum Gasteiger partial charge on any atom is 0.250 e. The zero-order valence-corrected chi connectivity index (χ0v) is 18.9. The van der Waals surface area contributed by atoms with Crippen LogP contribution in [0.4, 0.5) is 0 Å². The molecule has 0 radical (unpaired) electrons. The molecule has 4 rings (SSSR count). The molecule has 0 aliphatic carbocycles. The molecular formula is C24H32ClN3O2S. The minimum atomic E-state index is -0.408. The largest absolute Gasteiger partial charge is 0.366 e. The molecule has 2 aliphatic heterocycles. The normalized spacial score (nSPS) is 17.7. The standard InChI is InChI=1S/C23H28ClN3O2S.CH4/c1-26-9-6-17(7-10-26)27-11-8-19-21(14-27)30-20(22(19)23(25)29)13-18(28)12-15-2-4-16(24)5-3-15;/h2-5,17H,6-14H2,1H3,(H2,25,29);1H4. The number of hydrogen-bond acceptors (Lipinski definition) is 5. The number of nitrogens with two attached hydrogens (primary N) is 1. The molecule has 168 valence electrons. The van der Waals surface area contributed by atoms with E-state index in [0.29, 0.717) is 23.0 Å². The Bertz CT molecular complexity index is 933. The van der Waals surface area contributed by atoms with Crippen molar-refractivity contribution in [2.45, 2.75) is 52.1 Å². The number of benzene rings is 1. The fraction of sp³-hybridized carbons (Fsp3) is 0.500. The highest BCUT2D eigenvalue weighted by atomic mass is 35.5. The molecule has 0 saturated carbocycles. The summed E-state index contributed by atoms with van der Waals surface area (Å²) in [5.74, 6) is -0.319. The van der Waals surface area contributed by atoms with Crippen molar-refractivity contribution in [2.75, 3.05) is 26.7 Å². The number of hydrogen-bond donors (Lipinski definition) is 1. The lowest BCUT2D eigenvalue weighted by Gasteiger charge is -2.39. The SMILES string of the molecule is C.CN1CCC(N2CCc3c(sc(CC(=O)Cc4ccc(Cl)cc4)c3C(N)=O)C2)CC1. The monoisotopic (exact) mass is 461 g/mol. The lowest BCUT2D eigenvalue weighted by Crippen LogP contribution is -2.45. The van der Waals surface area contributed by atoms with Crippen LogP contribution in [-0.2, 0) is 30.6 Å². The molecule has 0 bridgehead atoms. The number of likely N-dealkylation sites (tertiary alicyclic amines) is 1. The van der Waals surface area contributed by atoms with Crippen LogP contribution in [0.25, 0.3) is 0 Å². The molecule has 0 atom stereocenters. The van der Waals surface area contributed by atoms with Gasteiger partial charge in [0, 0.05) is 46.7 Å². The lowest BCUT2D eigenvalue weighted by molar-refractivity contribution is -0.117. The second-order valence-electron chi connectivity index (χ2n) is 8.44. The van der Waals surface area contributed by atoms with Crippen LogP contribution in [-0.4, -0.2) is 54.2 Å². The van der Waals surface area contributed by atoms with E-state index < -0.39 is 5.91 Å². The molecule has 31 heavy (non-hydrogen) atoms. The first-order valence-electron chi connectivity index (χ1n) is 10.5. The Kier molecular flexibility index (Phi) is 7.92. The van der Waals surface area contributed by atoms with Crippen molar-refractivity contribution in [1.29, 1.82) is 0 Å². The molecule has 1 aromatic heterocycles. The maximum absolute atomic E-state index is 12.7. The summed E-state index contributed by atoms with van der Waals surface area (Å²) < 4.78 is 0. The Morgan fingerprint density at radius 3 is 2.45 bits per heavy atom. The number of Topliss-reactive ketones (excluding diaryl/α,β-unsaturated/α-hetero) is 1. The highest BCUT2D eigenvalue weighted by molar-refractivity contribution is 7.12. The highest BCUT2D eigenvalue weighted by Gasteiger charge is 2.31. The van der Waals surface area contributed by atoms with E-state index in [-0.39, 0.29) is 19.6 Å². The molecule has 2 aromatic rings. The van der Waals surface area contributed by atoms with Crippen LogP contribution >= 0.6 is 22.9 Å². The number of piperidine rings is 1. The Hall–Kier alpha value is -1.73. The van der Waals surface area contributed by atoms with Gasteiger partial charge in [0.1, 0.15) is 5.78 Å². The minimum Gasteiger partial charge on any atom is -0.366 e. The summed E-state index contributed by atoms with van der Waals surface area (Å²) in [4.78, 5) is 31.9. The van der Waals surface area contributed by atoms with Crippen molar-refractivity contribution in [3.63, 3.8) is 0 Å². The Labute approximate surface area is 194 Å². The van der Waals surface area contributed by atoms with Gasteiger partial charge in [-0.15, -0.1) is 11.3 Å². The number of carbonyl (C=O) groups excluding carboxylic acids is 2. The van der Waals surface area contributed by atoms with E-state index in [1.54, 1.807) is 23.5 Å². The first kappa shape index (κ1) is 23.9. The zero-order valence-electron chi connectivity index (χ0n) is 17.3. The van der Waals surface area contributed by atoms with Crippen molar-refractivity contribution < 1.29 is 9.59 Å². The molecule has 7 heteroatoms. The number of rotatable bonds is 6. The summed E-state index contributed by atoms with van der Waals surface area (Å²) >= 11 is 7.53. The van der Waals surface area contributed by atoms with Gasteiger partial charge in [-0.3, -0.25) is 14.5 Å². The van der Waals surface area contributed by atoms with E-state index >= 15 is 0 Å². The maximum atomic E-state index is 12.7. The topological polar surface area (TPSA) is 66.6 Å². The fourth-order valence-corrected chi connectivity index (χ4v) is 6.17. The van der Waals surface area contributed by atoms with Crippen molar-refractivity contribution >= 4 is 34.6 Å². The van der Waals surface area contributed by atoms with Gasteiger partial charge in [0.25, 0.3) is 0 Å². The molecule has 5 nitrogen and oxygen atoms in total. The molecular weight excluding hydrogens is 430 g/mol. The van der Waals surface area contributed by atoms with Gasteiger partial charge in [-0.05, 0) is 62.7 Å². The van der Waals surface area contributed by atoms with Crippen molar-refractivity contribution in [3.8, 4) is 0 Å². The Balaban J connectivity index is 0.00000272. The first-order valence-corrected chi connectivity index (χ1v) is 11.7. The van der Waals surface area contributed by atoms with E-state index in [9.17, 15) is 9.59 Å². The third-order valence-electron chi connectivity index (χ3n) is 6.28. The molecule has 3 heterocycles. The van der Waals surface area contributed by atoms with Gasteiger partial charge < -0.3 is 10.6 Å². The second-order valence-corrected chi connectivity index (χ2v) is 10.1. The third-order valence-corrected chi connectivity index (χ3v) is 7.75. The van der Waals surface area contributed by atoms with E-state index in [1.807, 2.05) is 12.1 Å². The average molecular weight is 462 g/mol. The molecule has 1 fully saturated rings. The predicted molar refractivity (Wildman–Crippen MR) is 128 cm³/mol. The molecule has 1 saturated heterocycles. The van der Waals surface area contributed by atoms with Gasteiger partial charge in [-0.2, -0.15) is 0 Å². The van der Waals surface area contributed by atoms with E-state index in [4.69, 9.17) is 17.3 Å². The van der Waals surface area contributed by atoms with Crippen LogP contribution in [0.3, 0.4) is 0 Å². The molecule has 2 aliphatic rings. The number of fused-ring (bicyclic) bond motifs is 1. The van der Waals surface area contributed by atoms with E-state index in [1.165, 1.54) is 17.7 Å². The molecule has 2 N–H and O–H groups in total. The summed E-state index contributed by atoms with van der Waals surface area (Å²) in [5, 5.41) is 0.655. The zero-order chi connectivity index (χ0) is 21.3. The van der Waals surface area contributed by atoms with Crippen molar-refractivity contribution in [1.82, 2.24) is 9.80 Å². The quantitative estimate of drug-likeness (QED) is 0.707. The number of nitrogens with zero attached hydrogens (tertiary/aromatic N) is 2. The number of primary amides is 1. The molecule has 0 spiro atoms. The number of halogens is 1. The van der Waals surface area contributed by atoms with Crippen LogP contribution in [0.1, 0.15) is 51.5 Å². The van der Waals surface area contributed by atoms with Crippen molar-refractivity contribution in [2.24, 2.45) is 5.73 Å². The van der Waals surface area contributed by atoms with Gasteiger partial charge in [0.2, 0.25) is 5.91 Å². The highest BCUT2D eigenvalue weighted by Crippen LogP contribution is 2.35. The smallest absolute Gasteiger partial charge is 0.250 e. The van der Waals surface area contributed by atoms with E-state index in [0.717, 1.165) is 48.6 Å². The molecule has 1 aromatic carbocycles. The fourth-order valence-electron chi connectivity index (χ4n) is 4.63. The Morgan fingerprint density at radius 1 is 1.13 bits per heavy atom. The van der Waals surface area contributed by atoms with Crippen LogP contribution in [0, 0.1) is 0 Å². The van der Waals surface area contributed by atoms with Crippen LogP contribution < -0.4 is 5.73 Å². The van der Waals surface area contributed by atoms with Crippen LogP contribution in [0.2, 0.25) is 5.02 Å². The van der Waals surface area contributed by atoms with Gasteiger partial charge in [-0.1, -0.05) is 31.2 Å². The summed E-state index contributed by atoms with van der Waals surface area (Å²) in [5.41, 5.74) is 8.35. The van der Waals surface area contributed by atoms with E-state index in [2.05, 4.69) is 16.8 Å². The van der Waals surface area contributed by atoms with Crippen LogP contribution in [0.5, 0.6) is 0 Å². The van der Waals surface area contributed by atoms with Crippen molar-refractivity contribution in [3.05, 3.63) is 55.7 Å². The lowest BCUT2D eigenvalue weighted by atomic mass is 9.96. The van der Waals surface area contributed by atoms with Gasteiger partial charge in [0.05, 0.1) is 5.56 Å². The minimum absolute atomic E-state index is 0. The molecule has 1 amide bonds. The van der Waals surface area contributed by atoms with Gasteiger partial charge >= 0.3 is 0 Å². The van der Waals surface area contributed by atoms with Gasteiger partial charge in [-0.25, -0.2) is 0 Å². The summed E-state index contributed by atoms with van der Waals surface area (Å²) in [6.07, 6.45) is 3.80. The number of carbonyl (C=O) groups is 2. The summed E-state index contributed by atoms with van der Waals surface area (Å²) in [6, 6.07) is 7.92. The number of amides is 1. The van der Waals surface area contributed by atoms with Crippen LogP contribution in [0.15, 0.2) is 24.3 Å². The average Bonchev–Trinajstić information content (AvgIpc) is 3.07. The predicted octanol–water partition coefficient (Wildman–Crippen LogP) is 3.94. The number of ketones is 1. The molecule has 0 unspecified atom stereocenters. The summed E-state index contributed by atoms with van der Waals surface area (Å²) in [6.45, 7) is 4.08.